The van der Waals surface area contributed by atoms with E-state index in [0.29, 0.717) is 18.5 Å². The van der Waals surface area contributed by atoms with Crippen molar-refractivity contribution in [1.29, 1.82) is 0 Å². The molecular weight excluding hydrogens is 358 g/mol. The molecule has 1 aromatic carbocycles. The highest BCUT2D eigenvalue weighted by Crippen LogP contribution is 2.24. The lowest BCUT2D eigenvalue weighted by molar-refractivity contribution is -0.125. The molecule has 0 aliphatic carbocycles. The van der Waals surface area contributed by atoms with E-state index in [9.17, 15) is 18.4 Å². The Morgan fingerprint density at radius 1 is 1.30 bits per heavy atom. The second kappa shape index (κ2) is 8.20. The van der Waals surface area contributed by atoms with E-state index in [2.05, 4.69) is 10.1 Å². The minimum Gasteiger partial charge on any atom is -0.459 e. The van der Waals surface area contributed by atoms with E-state index in [1.165, 1.54) is 23.3 Å². The summed E-state index contributed by atoms with van der Waals surface area (Å²) < 4.78 is 34.3. The Hall–Kier alpha value is -2.90. The number of rotatable bonds is 6. The predicted molar refractivity (Wildman–Crippen MR) is 92.4 cm³/mol. The number of benzene rings is 1. The SMILES string of the molecule is C[C@H](NC(=O)[C@@H]1CCCN1C(=O)c1ccco1)c1cccc(OC(F)F)c1. The Balaban J connectivity index is 1.66. The third-order valence-electron chi connectivity index (χ3n) is 4.49. The summed E-state index contributed by atoms with van der Waals surface area (Å²) in [7, 11) is 0. The number of nitrogens with one attached hydrogen (secondary N) is 1. The fourth-order valence-corrected chi connectivity index (χ4v) is 3.18. The highest BCUT2D eigenvalue weighted by Gasteiger charge is 2.36. The summed E-state index contributed by atoms with van der Waals surface area (Å²) in [6.07, 6.45) is 2.69. The van der Waals surface area contributed by atoms with Gasteiger partial charge in [0.05, 0.1) is 12.3 Å². The number of halogens is 2. The smallest absolute Gasteiger partial charge is 0.387 e. The van der Waals surface area contributed by atoms with Gasteiger partial charge in [-0.2, -0.15) is 8.78 Å². The van der Waals surface area contributed by atoms with Crippen LogP contribution in [0.1, 0.15) is 41.9 Å². The molecule has 0 spiro atoms. The van der Waals surface area contributed by atoms with Gasteiger partial charge in [-0.1, -0.05) is 12.1 Å². The van der Waals surface area contributed by atoms with E-state index in [1.807, 2.05) is 0 Å². The molecule has 0 saturated carbocycles. The number of ether oxygens (including phenoxy) is 1. The summed E-state index contributed by atoms with van der Waals surface area (Å²) >= 11 is 0. The molecule has 2 atom stereocenters. The van der Waals surface area contributed by atoms with Crippen molar-refractivity contribution >= 4 is 11.8 Å². The number of carbonyl (C=O) groups excluding carboxylic acids is 2. The largest absolute Gasteiger partial charge is 0.459 e. The number of carbonyl (C=O) groups is 2. The van der Waals surface area contributed by atoms with E-state index >= 15 is 0 Å². The number of furan rings is 1. The monoisotopic (exact) mass is 378 g/mol. The minimum absolute atomic E-state index is 0.0269. The molecule has 0 unspecified atom stereocenters. The molecule has 1 saturated heterocycles. The van der Waals surface area contributed by atoms with Gasteiger partial charge >= 0.3 is 6.61 Å². The summed E-state index contributed by atoms with van der Waals surface area (Å²) in [5.41, 5.74) is 0.628. The quantitative estimate of drug-likeness (QED) is 0.837. The number of nitrogens with zero attached hydrogens (tertiary/aromatic N) is 1. The van der Waals surface area contributed by atoms with Crippen molar-refractivity contribution in [3.8, 4) is 5.75 Å². The lowest BCUT2D eigenvalue weighted by Gasteiger charge is -2.25. The zero-order chi connectivity index (χ0) is 19.4. The van der Waals surface area contributed by atoms with Gasteiger partial charge in [-0.3, -0.25) is 9.59 Å². The van der Waals surface area contributed by atoms with Crippen molar-refractivity contribution in [2.45, 2.75) is 38.5 Å². The molecule has 2 aromatic rings. The molecule has 1 aliphatic heterocycles. The normalized spacial score (nSPS) is 17.8. The molecule has 1 fully saturated rings. The molecule has 6 nitrogen and oxygen atoms in total. The number of alkyl halides is 2. The second-order valence-electron chi connectivity index (χ2n) is 6.32. The van der Waals surface area contributed by atoms with Crippen molar-refractivity contribution in [3.05, 3.63) is 54.0 Å². The van der Waals surface area contributed by atoms with Crippen LogP contribution in [0.2, 0.25) is 0 Å². The molecule has 1 aliphatic rings. The zero-order valence-electron chi connectivity index (χ0n) is 14.7. The van der Waals surface area contributed by atoms with Crippen LogP contribution in [0.3, 0.4) is 0 Å². The van der Waals surface area contributed by atoms with Crippen molar-refractivity contribution in [3.63, 3.8) is 0 Å². The number of hydrogen-bond donors (Lipinski definition) is 1. The Bertz CT molecular complexity index is 795. The highest BCUT2D eigenvalue weighted by atomic mass is 19.3. The Kier molecular flexibility index (Phi) is 5.73. The van der Waals surface area contributed by atoms with Crippen molar-refractivity contribution in [1.82, 2.24) is 10.2 Å². The predicted octanol–water partition coefficient (Wildman–Crippen LogP) is 3.36. The molecular formula is C19H20F2N2O4. The molecule has 144 valence electrons. The maximum atomic E-state index is 12.7. The summed E-state index contributed by atoms with van der Waals surface area (Å²) in [6, 6.07) is 8.33. The molecule has 2 heterocycles. The Labute approximate surface area is 155 Å². The first kappa shape index (κ1) is 18.9. The molecule has 3 rings (SSSR count). The van der Waals surface area contributed by atoms with Crippen LogP contribution < -0.4 is 10.1 Å². The topological polar surface area (TPSA) is 71.8 Å². The Morgan fingerprint density at radius 2 is 2.11 bits per heavy atom. The molecule has 0 bridgehead atoms. The first-order valence-electron chi connectivity index (χ1n) is 8.65. The van der Waals surface area contributed by atoms with Crippen LogP contribution in [-0.2, 0) is 4.79 Å². The van der Waals surface area contributed by atoms with Crippen molar-refractivity contribution < 1.29 is 27.5 Å². The van der Waals surface area contributed by atoms with Crippen LogP contribution in [0.4, 0.5) is 8.78 Å². The molecule has 1 aromatic heterocycles. The van der Waals surface area contributed by atoms with Gasteiger partial charge in [0.15, 0.2) is 5.76 Å². The molecule has 1 N–H and O–H groups in total. The van der Waals surface area contributed by atoms with E-state index in [0.717, 1.165) is 6.42 Å². The van der Waals surface area contributed by atoms with Gasteiger partial charge in [0.2, 0.25) is 5.91 Å². The first-order valence-corrected chi connectivity index (χ1v) is 8.65. The summed E-state index contributed by atoms with van der Waals surface area (Å²) in [4.78, 5) is 26.7. The van der Waals surface area contributed by atoms with Crippen LogP contribution in [0.5, 0.6) is 5.75 Å². The van der Waals surface area contributed by atoms with Crippen LogP contribution in [0.25, 0.3) is 0 Å². The van der Waals surface area contributed by atoms with Crippen LogP contribution in [-0.4, -0.2) is 35.9 Å². The fourth-order valence-electron chi connectivity index (χ4n) is 3.18. The maximum Gasteiger partial charge on any atom is 0.387 e. The standard InChI is InChI=1S/C19H20F2N2O4/c1-12(13-5-2-6-14(11-13)27-19(20)21)22-17(24)15-7-3-9-23(15)18(25)16-8-4-10-26-16/h2,4-6,8,10-12,15,19H,3,7,9H2,1H3,(H,22,24)/t12-,15-/m0/s1. The van der Waals surface area contributed by atoms with Crippen LogP contribution >= 0.6 is 0 Å². The lowest BCUT2D eigenvalue weighted by atomic mass is 10.1. The fraction of sp³-hybridized carbons (Fsp3) is 0.368. The lowest BCUT2D eigenvalue weighted by Crippen LogP contribution is -2.46. The van der Waals surface area contributed by atoms with Crippen LogP contribution in [0, 0.1) is 0 Å². The number of likely N-dealkylation sites (tertiary alicyclic amines) is 1. The minimum atomic E-state index is -2.91. The van der Waals surface area contributed by atoms with Gasteiger partial charge in [0.25, 0.3) is 5.91 Å². The van der Waals surface area contributed by atoms with Gasteiger partial charge in [0, 0.05) is 6.54 Å². The average Bonchev–Trinajstić information content (AvgIpc) is 3.32. The maximum absolute atomic E-state index is 12.7. The third-order valence-corrected chi connectivity index (χ3v) is 4.49. The van der Waals surface area contributed by atoms with E-state index in [1.54, 1.807) is 31.2 Å². The second-order valence-corrected chi connectivity index (χ2v) is 6.32. The molecule has 8 heteroatoms. The molecule has 0 radical (unpaired) electrons. The van der Waals surface area contributed by atoms with E-state index in [4.69, 9.17) is 4.42 Å². The number of hydrogen-bond acceptors (Lipinski definition) is 4. The van der Waals surface area contributed by atoms with E-state index < -0.39 is 18.7 Å². The van der Waals surface area contributed by atoms with Crippen LogP contribution in [0.15, 0.2) is 47.1 Å². The highest BCUT2D eigenvalue weighted by molar-refractivity contribution is 5.96. The summed E-state index contributed by atoms with van der Waals surface area (Å²) in [5.74, 6) is -0.392. The van der Waals surface area contributed by atoms with Gasteiger partial charge in [-0.15, -0.1) is 0 Å². The van der Waals surface area contributed by atoms with Crippen molar-refractivity contribution in [2.75, 3.05) is 6.54 Å². The average molecular weight is 378 g/mol. The number of amides is 2. The zero-order valence-corrected chi connectivity index (χ0v) is 14.7. The third kappa shape index (κ3) is 4.45. The Morgan fingerprint density at radius 3 is 2.81 bits per heavy atom. The van der Waals surface area contributed by atoms with Gasteiger partial charge < -0.3 is 19.4 Å². The molecule has 2 amide bonds. The van der Waals surface area contributed by atoms with Gasteiger partial charge in [-0.05, 0) is 49.6 Å². The van der Waals surface area contributed by atoms with Crippen molar-refractivity contribution in [2.24, 2.45) is 0 Å². The first-order chi connectivity index (χ1) is 13.0. The summed E-state index contributed by atoms with van der Waals surface area (Å²) in [6.45, 7) is -0.693. The summed E-state index contributed by atoms with van der Waals surface area (Å²) in [5, 5.41) is 2.84. The van der Waals surface area contributed by atoms with Gasteiger partial charge in [0.1, 0.15) is 11.8 Å². The van der Waals surface area contributed by atoms with E-state index in [-0.39, 0.29) is 23.3 Å². The van der Waals surface area contributed by atoms with Gasteiger partial charge in [-0.25, -0.2) is 0 Å². The molecule has 27 heavy (non-hydrogen) atoms.